The van der Waals surface area contributed by atoms with Crippen molar-refractivity contribution >= 4 is 0 Å². The van der Waals surface area contributed by atoms with Gasteiger partial charge in [-0.25, -0.2) is 0 Å². The van der Waals surface area contributed by atoms with Gasteiger partial charge in [0, 0.05) is 0 Å². The van der Waals surface area contributed by atoms with Gasteiger partial charge in [0.1, 0.15) is 0 Å². The van der Waals surface area contributed by atoms with E-state index in [1.54, 1.807) is 0 Å². The molecule has 2 fully saturated rings. The Morgan fingerprint density at radius 3 is 2.00 bits per heavy atom. The maximum absolute atomic E-state index is 9.98. The summed E-state index contributed by atoms with van der Waals surface area (Å²) in [6.45, 7) is -1.30. The molecule has 0 aromatic carbocycles. The summed E-state index contributed by atoms with van der Waals surface area (Å²) in [6, 6.07) is 0. The molecule has 11 nitrogen and oxygen atoms in total. The zero-order chi connectivity index (χ0) is 17.3. The summed E-state index contributed by atoms with van der Waals surface area (Å²) in [7, 11) is 0. The molecule has 0 saturated carbocycles. The molecule has 0 aliphatic carbocycles. The molecular weight excluding hydrogens is 500 g/mol. The van der Waals surface area contributed by atoms with Crippen LogP contribution in [0.1, 0.15) is 0 Å². The predicted molar refractivity (Wildman–Crippen MR) is 64.8 cm³/mol. The first-order valence-corrected chi connectivity index (χ1v) is 10.2. The second-order valence-electron chi connectivity index (χ2n) is 5.16. The van der Waals surface area contributed by atoms with Crippen molar-refractivity contribution in [3.05, 3.63) is 0 Å². The van der Waals surface area contributed by atoms with Crippen LogP contribution in [0.15, 0.2) is 0 Å². The van der Waals surface area contributed by atoms with E-state index in [1.165, 1.54) is 0 Å². The Balaban J connectivity index is 2.11. The third kappa shape index (κ3) is 3.90. The van der Waals surface area contributed by atoms with E-state index >= 15 is 0 Å². The van der Waals surface area contributed by atoms with Crippen LogP contribution < -0.4 is 0 Å². The summed E-state index contributed by atoms with van der Waals surface area (Å²) in [5.41, 5.74) is 0. The molecule has 23 heavy (non-hydrogen) atoms. The summed E-state index contributed by atoms with van der Waals surface area (Å²) in [6.07, 6.45) is -11.9. The number of aliphatic hydroxyl groups is 7. The zero-order valence-corrected chi connectivity index (χ0v) is 14.1. The molecule has 2 saturated heterocycles. The van der Waals surface area contributed by atoms with E-state index in [1.807, 2.05) is 0 Å². The maximum atomic E-state index is 9.98. The average molecular weight is 521 g/mol. The van der Waals surface area contributed by atoms with Crippen LogP contribution in [-0.2, 0) is 30.2 Å². The van der Waals surface area contributed by atoms with Crippen LogP contribution in [-0.4, -0.2) is 106 Å². The van der Waals surface area contributed by atoms with Crippen molar-refractivity contribution in [1.82, 2.24) is 0 Å². The molecule has 9 atom stereocenters. The number of hydrogen-bond donors (Lipinski definition) is 8. The first-order valence-electron chi connectivity index (χ1n) is 6.73. The summed E-state index contributed by atoms with van der Waals surface area (Å²) >= 11 is -3.42. The van der Waals surface area contributed by atoms with Crippen molar-refractivity contribution in [3.63, 3.8) is 0 Å². The van der Waals surface area contributed by atoms with Gasteiger partial charge < -0.3 is 0 Å². The molecule has 2 aliphatic rings. The van der Waals surface area contributed by atoms with Gasteiger partial charge in [-0.05, 0) is 0 Å². The molecule has 8 N–H and O–H groups in total. The van der Waals surface area contributed by atoms with Crippen LogP contribution in [0, 0.1) is 0 Å². The molecule has 12 heteroatoms. The topological polar surface area (TPSA) is 190 Å². The molecule has 0 spiro atoms. The molecule has 140 valence electrons. The van der Waals surface area contributed by atoms with Crippen LogP contribution in [0.25, 0.3) is 0 Å². The Labute approximate surface area is 137 Å². The van der Waals surface area contributed by atoms with Gasteiger partial charge in [0.2, 0.25) is 0 Å². The van der Waals surface area contributed by atoms with E-state index in [9.17, 15) is 34.5 Å². The molecule has 0 radical (unpaired) electrons. The van der Waals surface area contributed by atoms with Crippen molar-refractivity contribution in [2.45, 2.75) is 53.6 Å². The van der Waals surface area contributed by atoms with Crippen LogP contribution in [0.4, 0.5) is 0 Å². The van der Waals surface area contributed by atoms with Gasteiger partial charge in [0.05, 0.1) is 0 Å². The second kappa shape index (κ2) is 8.06. The fourth-order valence-electron chi connectivity index (χ4n) is 2.29. The summed E-state index contributed by atoms with van der Waals surface area (Å²) in [5.74, 6) is 0. The normalized spacial score (nSPS) is 50.1. The Hall–Kier alpha value is 0.209. The fraction of sp³-hybridized carbons (Fsp3) is 1.00. The SMILES string of the molecule is OC[C@H]1O[C@@H](O[C@H]2[C@H](O)[C@@H](O)[Ir]([OH])[O][C@@H]2CO)[C@H](O)[C@@H](O)[C@H]1O. The first kappa shape index (κ1) is 19.5. The predicted octanol–water partition coefficient (Wildman–Crippen LogP) is -5.32. The van der Waals surface area contributed by atoms with E-state index in [4.69, 9.17) is 18.1 Å². The van der Waals surface area contributed by atoms with Gasteiger partial charge in [-0.3, -0.25) is 0 Å². The van der Waals surface area contributed by atoms with Crippen molar-refractivity contribution in [2.24, 2.45) is 0 Å². The Morgan fingerprint density at radius 2 is 1.43 bits per heavy atom. The zero-order valence-electron chi connectivity index (χ0n) is 11.7. The van der Waals surface area contributed by atoms with E-state index in [0.29, 0.717) is 0 Å². The van der Waals surface area contributed by atoms with E-state index in [2.05, 4.69) is 0 Å². The van der Waals surface area contributed by atoms with E-state index in [0.717, 1.165) is 0 Å². The minimum atomic E-state index is -3.42. The van der Waals surface area contributed by atoms with Gasteiger partial charge in [0.15, 0.2) is 0 Å². The minimum absolute atomic E-state index is 0.636. The van der Waals surface area contributed by atoms with Crippen LogP contribution >= 0.6 is 0 Å². The standard InChI is InChI=1S/C11H20O10.Ir.H2O/c12-1-4(15)10(5(16)2-13)21-11-9(19)8(18)7(17)6(3-14)20-11;;/h1,4-15,17-19H,2-3H2;;1H2/q-1;+2;/p-1/t4-,5-,6-,7+,8+,9-,10+,11+;;/m1../s1. The fourth-order valence-corrected chi connectivity index (χ4v) is 5.02. The quantitative estimate of drug-likeness (QED) is 0.176. The second-order valence-corrected chi connectivity index (χ2v) is 8.76. The molecule has 0 unspecified atom stereocenters. The van der Waals surface area contributed by atoms with Crippen LogP contribution in [0.2, 0.25) is 0 Å². The molecular formula is C11H21IrO11. The van der Waals surface area contributed by atoms with Gasteiger partial charge in [-0.2, -0.15) is 0 Å². The third-order valence-electron chi connectivity index (χ3n) is 3.64. The Morgan fingerprint density at radius 1 is 0.826 bits per heavy atom. The summed E-state index contributed by atoms with van der Waals surface area (Å²) < 4.78 is 23.5. The average Bonchev–Trinajstić information content (AvgIpc) is 2.55. The van der Waals surface area contributed by atoms with Gasteiger partial charge >= 0.3 is 137 Å². The molecule has 0 aromatic heterocycles. The summed E-state index contributed by atoms with van der Waals surface area (Å²) in [4.78, 5) is 0. The Kier molecular flexibility index (Phi) is 6.84. The number of aliphatic hydroxyl groups excluding tert-OH is 7. The van der Waals surface area contributed by atoms with E-state index in [-0.39, 0.29) is 0 Å². The first-order chi connectivity index (χ1) is 10.8. The monoisotopic (exact) mass is 522 g/mol. The molecule has 2 rings (SSSR count). The number of ether oxygens (including phenoxy) is 2. The van der Waals surface area contributed by atoms with E-state index < -0.39 is 84.1 Å². The molecule has 0 aromatic rings. The van der Waals surface area contributed by atoms with Crippen LogP contribution in [0.5, 0.6) is 0 Å². The van der Waals surface area contributed by atoms with Crippen molar-refractivity contribution in [1.29, 1.82) is 0 Å². The van der Waals surface area contributed by atoms with Crippen molar-refractivity contribution in [2.75, 3.05) is 13.2 Å². The summed E-state index contributed by atoms with van der Waals surface area (Å²) in [5, 5.41) is 67.3. The molecule has 2 heterocycles. The van der Waals surface area contributed by atoms with Crippen molar-refractivity contribution in [3.8, 4) is 0 Å². The van der Waals surface area contributed by atoms with Crippen molar-refractivity contribution < 1.29 is 69.8 Å². The van der Waals surface area contributed by atoms with Crippen LogP contribution in [0.3, 0.4) is 0 Å². The molecule has 0 amide bonds. The Bertz CT molecular complexity index is 383. The third-order valence-corrected chi connectivity index (χ3v) is 6.97. The molecule has 0 bridgehead atoms. The molecule has 2 aliphatic heterocycles. The number of hydrogen-bond acceptors (Lipinski definition) is 11. The van der Waals surface area contributed by atoms with Gasteiger partial charge in [-0.15, -0.1) is 0 Å². The van der Waals surface area contributed by atoms with Gasteiger partial charge in [-0.1, -0.05) is 0 Å². The van der Waals surface area contributed by atoms with Gasteiger partial charge in [0.25, 0.3) is 0 Å². The number of rotatable bonds is 4.